The zero-order valence-corrected chi connectivity index (χ0v) is 11.0. The molecule has 2 aromatic heterocycles. The van der Waals surface area contributed by atoms with Gasteiger partial charge in [0.25, 0.3) is 5.56 Å². The van der Waals surface area contributed by atoms with Gasteiger partial charge in [-0.25, -0.2) is 9.48 Å². The molecule has 0 aliphatic heterocycles. The molecule has 2 heterocycles. The summed E-state index contributed by atoms with van der Waals surface area (Å²) in [6.45, 7) is 0.0990. The first kappa shape index (κ1) is 12.5. The van der Waals surface area contributed by atoms with Crippen LogP contribution in [0, 0.1) is 0 Å². The number of aromatic nitrogens is 3. The van der Waals surface area contributed by atoms with Gasteiger partial charge in [0.2, 0.25) is 0 Å². The van der Waals surface area contributed by atoms with Crippen molar-refractivity contribution < 1.29 is 9.90 Å². The van der Waals surface area contributed by atoms with Gasteiger partial charge in [0.1, 0.15) is 10.4 Å². The van der Waals surface area contributed by atoms with Gasteiger partial charge in [-0.2, -0.15) is 0 Å². The summed E-state index contributed by atoms with van der Waals surface area (Å²) in [6.07, 6.45) is 0. The molecule has 0 radical (unpaired) electrons. The Labute approximate surface area is 116 Å². The minimum absolute atomic E-state index is 0.0990. The second-order valence-electron chi connectivity index (χ2n) is 4.15. The Bertz CT molecular complexity index is 853. The van der Waals surface area contributed by atoms with E-state index in [2.05, 4.69) is 10.3 Å². The van der Waals surface area contributed by atoms with E-state index < -0.39 is 5.97 Å². The number of fused-ring (bicyclic) bond motifs is 1. The second-order valence-corrected chi connectivity index (χ2v) is 5.07. The lowest BCUT2D eigenvalue weighted by molar-refractivity contribution is 0.0701. The maximum atomic E-state index is 12.3. The topological polar surface area (TPSA) is 85.1 Å². The van der Waals surface area contributed by atoms with Crippen molar-refractivity contribution in [3.05, 3.63) is 56.5 Å². The smallest absolute Gasteiger partial charge is 0.346 e. The van der Waals surface area contributed by atoms with E-state index in [1.54, 1.807) is 35.7 Å². The Balaban J connectivity index is 2.07. The lowest BCUT2D eigenvalue weighted by Crippen LogP contribution is -2.25. The zero-order valence-electron chi connectivity index (χ0n) is 10.2. The fourth-order valence-electron chi connectivity index (χ4n) is 1.94. The highest BCUT2D eigenvalue weighted by molar-refractivity contribution is 7.12. The number of carboxylic acids is 1. The number of aromatic carboxylic acids is 1. The Kier molecular flexibility index (Phi) is 3.03. The molecule has 0 spiro atoms. The van der Waals surface area contributed by atoms with E-state index in [0.29, 0.717) is 16.5 Å². The second kappa shape index (κ2) is 4.86. The first-order valence-electron chi connectivity index (χ1n) is 5.79. The van der Waals surface area contributed by atoms with E-state index in [-0.39, 0.29) is 17.0 Å². The minimum atomic E-state index is -1.00. The summed E-state index contributed by atoms with van der Waals surface area (Å²) in [7, 11) is 0. The number of carbonyl (C=O) groups is 1. The normalized spacial score (nSPS) is 10.8. The van der Waals surface area contributed by atoms with Crippen molar-refractivity contribution in [2.75, 3.05) is 0 Å². The van der Waals surface area contributed by atoms with Crippen LogP contribution in [0.1, 0.15) is 15.2 Å². The molecule has 0 aliphatic carbocycles. The largest absolute Gasteiger partial charge is 0.477 e. The monoisotopic (exact) mass is 287 g/mol. The van der Waals surface area contributed by atoms with Crippen molar-refractivity contribution in [2.24, 2.45) is 0 Å². The van der Waals surface area contributed by atoms with Crippen LogP contribution in [0.3, 0.4) is 0 Å². The van der Waals surface area contributed by atoms with Crippen molar-refractivity contribution >= 4 is 28.2 Å². The lowest BCUT2D eigenvalue weighted by atomic mass is 10.2. The summed E-state index contributed by atoms with van der Waals surface area (Å²) in [5, 5.41) is 19.0. The van der Waals surface area contributed by atoms with Crippen LogP contribution in [0.4, 0.5) is 0 Å². The van der Waals surface area contributed by atoms with E-state index in [4.69, 9.17) is 5.11 Å². The van der Waals surface area contributed by atoms with Gasteiger partial charge >= 0.3 is 5.97 Å². The van der Waals surface area contributed by atoms with Gasteiger partial charge < -0.3 is 5.11 Å². The molecule has 0 unspecified atom stereocenters. The van der Waals surface area contributed by atoms with Crippen molar-refractivity contribution in [3.8, 4) is 0 Å². The summed E-state index contributed by atoms with van der Waals surface area (Å²) >= 11 is 1.12. The molecule has 0 amide bonds. The highest BCUT2D eigenvalue weighted by atomic mass is 32.1. The highest BCUT2D eigenvalue weighted by Crippen LogP contribution is 2.17. The molecule has 0 fully saturated rings. The predicted octanol–water partition coefficient (Wildman–Crippen LogP) is 1.60. The number of benzene rings is 1. The summed E-state index contributed by atoms with van der Waals surface area (Å²) in [4.78, 5) is 23.5. The third-order valence-electron chi connectivity index (χ3n) is 2.89. The summed E-state index contributed by atoms with van der Waals surface area (Å²) in [5.74, 6) is -1.00. The zero-order chi connectivity index (χ0) is 14.1. The fourth-order valence-corrected chi connectivity index (χ4v) is 2.69. The number of hydrogen-bond donors (Lipinski definition) is 1. The number of rotatable bonds is 3. The van der Waals surface area contributed by atoms with E-state index in [9.17, 15) is 9.59 Å². The molecule has 0 bridgehead atoms. The molecule has 1 aromatic carbocycles. The van der Waals surface area contributed by atoms with Crippen LogP contribution in [0.5, 0.6) is 0 Å². The lowest BCUT2D eigenvalue weighted by Gasteiger charge is -2.04. The number of nitrogens with zero attached hydrogens (tertiary/aromatic N) is 3. The standard InChI is InChI=1S/C13H9N3O3S/c17-12-9-3-1-2-4-10(9)14-15-16(12)7-8-5-6-20-11(8)13(18)19/h1-6H,7H2,(H,18,19). The van der Waals surface area contributed by atoms with Crippen LogP contribution in [0.25, 0.3) is 10.9 Å². The van der Waals surface area contributed by atoms with E-state index in [1.807, 2.05) is 0 Å². The van der Waals surface area contributed by atoms with Gasteiger partial charge in [-0.15, -0.1) is 16.4 Å². The fraction of sp³-hybridized carbons (Fsp3) is 0.0769. The molecule has 3 rings (SSSR count). The Morgan fingerprint density at radius 3 is 2.90 bits per heavy atom. The van der Waals surface area contributed by atoms with E-state index >= 15 is 0 Å². The highest BCUT2D eigenvalue weighted by Gasteiger charge is 2.13. The Hall–Kier alpha value is -2.54. The molecule has 1 N–H and O–H groups in total. The molecule has 6 nitrogen and oxygen atoms in total. The molecule has 100 valence electrons. The molecule has 20 heavy (non-hydrogen) atoms. The number of hydrogen-bond acceptors (Lipinski definition) is 5. The van der Waals surface area contributed by atoms with Crippen molar-refractivity contribution in [1.29, 1.82) is 0 Å². The first-order valence-corrected chi connectivity index (χ1v) is 6.67. The van der Waals surface area contributed by atoms with Gasteiger partial charge in [-0.05, 0) is 29.1 Å². The average Bonchev–Trinajstić information content (AvgIpc) is 2.91. The van der Waals surface area contributed by atoms with Crippen LogP contribution in [0.15, 0.2) is 40.5 Å². The molecule has 0 saturated carbocycles. The SMILES string of the molecule is O=C(O)c1sccc1Cn1nnc2ccccc2c1=O. The van der Waals surface area contributed by atoms with Gasteiger partial charge in [-0.3, -0.25) is 4.79 Å². The van der Waals surface area contributed by atoms with Crippen LogP contribution < -0.4 is 5.56 Å². The van der Waals surface area contributed by atoms with Gasteiger partial charge in [0.05, 0.1) is 11.9 Å². The van der Waals surface area contributed by atoms with Crippen LogP contribution >= 0.6 is 11.3 Å². The molecule has 3 aromatic rings. The Morgan fingerprint density at radius 1 is 1.30 bits per heavy atom. The first-order chi connectivity index (χ1) is 9.66. The van der Waals surface area contributed by atoms with Crippen molar-refractivity contribution in [2.45, 2.75) is 6.54 Å². The molecule has 0 saturated heterocycles. The molecular formula is C13H9N3O3S. The van der Waals surface area contributed by atoms with Crippen LogP contribution in [0.2, 0.25) is 0 Å². The quantitative estimate of drug-likeness (QED) is 0.791. The van der Waals surface area contributed by atoms with Crippen molar-refractivity contribution in [1.82, 2.24) is 15.0 Å². The maximum Gasteiger partial charge on any atom is 0.346 e. The van der Waals surface area contributed by atoms with E-state index in [1.165, 1.54) is 4.68 Å². The predicted molar refractivity (Wildman–Crippen MR) is 74.2 cm³/mol. The number of thiophene rings is 1. The summed E-state index contributed by atoms with van der Waals surface area (Å²) < 4.78 is 1.18. The third-order valence-corrected chi connectivity index (χ3v) is 3.84. The minimum Gasteiger partial charge on any atom is -0.477 e. The molecular weight excluding hydrogens is 278 g/mol. The van der Waals surface area contributed by atoms with Gasteiger partial charge in [0, 0.05) is 0 Å². The molecule has 0 atom stereocenters. The van der Waals surface area contributed by atoms with Crippen molar-refractivity contribution in [3.63, 3.8) is 0 Å². The van der Waals surface area contributed by atoms with Crippen LogP contribution in [-0.4, -0.2) is 26.1 Å². The average molecular weight is 287 g/mol. The number of carboxylic acid groups (broad SMARTS) is 1. The van der Waals surface area contributed by atoms with Gasteiger partial charge in [-0.1, -0.05) is 17.3 Å². The summed E-state index contributed by atoms with van der Waals surface area (Å²) in [6, 6.07) is 8.60. The molecule has 0 aliphatic rings. The molecule has 7 heteroatoms. The van der Waals surface area contributed by atoms with E-state index in [0.717, 1.165) is 11.3 Å². The van der Waals surface area contributed by atoms with Crippen LogP contribution in [-0.2, 0) is 6.54 Å². The third kappa shape index (κ3) is 2.08. The Morgan fingerprint density at radius 2 is 2.10 bits per heavy atom. The van der Waals surface area contributed by atoms with Gasteiger partial charge in [0.15, 0.2) is 0 Å². The summed E-state index contributed by atoms with van der Waals surface area (Å²) in [5.41, 5.74) is 0.796. The maximum absolute atomic E-state index is 12.3.